The van der Waals surface area contributed by atoms with Crippen LogP contribution >= 0.6 is 0 Å². The third-order valence-corrected chi connectivity index (χ3v) is 7.38. The van der Waals surface area contributed by atoms with Crippen LogP contribution in [0.4, 0.5) is 5.82 Å². The molecule has 11 heteroatoms. The highest BCUT2D eigenvalue weighted by molar-refractivity contribution is 6.12. The van der Waals surface area contributed by atoms with Gasteiger partial charge < -0.3 is 15.0 Å². The fraction of sp³-hybridized carbons (Fsp3) is 0.414. The Hall–Kier alpha value is -4.27. The summed E-state index contributed by atoms with van der Waals surface area (Å²) in [5.41, 5.74) is 9.50. The van der Waals surface area contributed by atoms with E-state index in [9.17, 15) is 14.9 Å². The molecule has 0 atom stereocenters. The lowest BCUT2D eigenvalue weighted by Gasteiger charge is -2.35. The van der Waals surface area contributed by atoms with Crippen LogP contribution in [0, 0.1) is 11.3 Å². The number of ether oxygens (including phenoxy) is 1. The highest BCUT2D eigenvalue weighted by atomic mass is 16.5. The van der Waals surface area contributed by atoms with Gasteiger partial charge in [-0.15, -0.1) is 0 Å². The summed E-state index contributed by atoms with van der Waals surface area (Å²) >= 11 is 0. The number of fused-ring (bicyclic) bond motifs is 1. The lowest BCUT2D eigenvalue weighted by molar-refractivity contribution is -0.137. The summed E-state index contributed by atoms with van der Waals surface area (Å²) in [5.74, 6) is -0.142. The number of carbonyl (C=O) groups is 2. The van der Waals surface area contributed by atoms with Crippen molar-refractivity contribution in [3.63, 3.8) is 0 Å². The number of nitrogen functional groups attached to an aromatic ring is 1. The van der Waals surface area contributed by atoms with Crippen LogP contribution < -0.4 is 10.5 Å². The van der Waals surface area contributed by atoms with Gasteiger partial charge in [-0.3, -0.25) is 24.3 Å². The molecule has 1 fully saturated rings. The summed E-state index contributed by atoms with van der Waals surface area (Å²) in [4.78, 5) is 38.3. The molecule has 2 N–H and O–H groups in total. The van der Waals surface area contributed by atoms with Gasteiger partial charge in [0.15, 0.2) is 5.65 Å². The van der Waals surface area contributed by atoms with E-state index < -0.39 is 0 Å². The summed E-state index contributed by atoms with van der Waals surface area (Å²) in [6.07, 6.45) is 4.56. The molecule has 1 saturated heterocycles. The number of aromatic nitrogens is 3. The molecule has 1 aromatic carbocycles. The minimum atomic E-state index is -0.223. The zero-order valence-corrected chi connectivity index (χ0v) is 22.8. The van der Waals surface area contributed by atoms with E-state index in [1.807, 2.05) is 4.57 Å². The van der Waals surface area contributed by atoms with Gasteiger partial charge in [0.05, 0.1) is 18.5 Å². The van der Waals surface area contributed by atoms with E-state index in [1.165, 1.54) is 22.6 Å². The first kappa shape index (κ1) is 27.3. The van der Waals surface area contributed by atoms with Crippen molar-refractivity contribution in [3.05, 3.63) is 59.3 Å². The Morgan fingerprint density at radius 3 is 2.25 bits per heavy atom. The van der Waals surface area contributed by atoms with Gasteiger partial charge in [-0.1, -0.05) is 37.6 Å². The molecular weight excluding hydrogens is 508 g/mol. The number of nitrogens with zero attached hydrogens (tertiary/aromatic N) is 7. The molecule has 208 valence electrons. The molecule has 2 amide bonds. The second-order valence-corrected chi connectivity index (χ2v) is 10.2. The fourth-order valence-electron chi connectivity index (χ4n) is 5.01. The molecule has 4 heterocycles. The number of carbonyl (C=O) groups excluding carboxylic acids is 2. The molecule has 2 aromatic heterocycles. The topological polar surface area (TPSA) is 134 Å². The third-order valence-electron chi connectivity index (χ3n) is 7.38. The van der Waals surface area contributed by atoms with Gasteiger partial charge in [0.2, 0.25) is 0 Å². The minimum Gasteiger partial charge on any atom is -0.463 e. The first-order valence-corrected chi connectivity index (χ1v) is 13.7. The molecule has 0 radical (unpaired) electrons. The largest absolute Gasteiger partial charge is 0.463 e. The second kappa shape index (κ2) is 12.3. The Labute approximate surface area is 233 Å². The number of hydrogen-bond acceptors (Lipinski definition) is 9. The summed E-state index contributed by atoms with van der Waals surface area (Å²) < 4.78 is 7.54. The van der Waals surface area contributed by atoms with E-state index in [0.717, 1.165) is 51.1 Å². The summed E-state index contributed by atoms with van der Waals surface area (Å²) in [6.45, 7) is 8.70. The van der Waals surface area contributed by atoms with Gasteiger partial charge >= 0.3 is 6.01 Å². The molecular formula is C29H34N8O3. The first-order valence-electron chi connectivity index (χ1n) is 13.7. The monoisotopic (exact) mass is 542 g/mol. The minimum absolute atomic E-state index is 0.223. The van der Waals surface area contributed by atoms with Crippen molar-refractivity contribution in [1.29, 1.82) is 5.26 Å². The van der Waals surface area contributed by atoms with Crippen molar-refractivity contribution >= 4 is 28.7 Å². The average Bonchev–Trinajstić information content (AvgIpc) is 3.48. The molecule has 2 aliphatic heterocycles. The maximum Gasteiger partial charge on any atom is 0.320 e. The van der Waals surface area contributed by atoms with Crippen molar-refractivity contribution < 1.29 is 14.3 Å². The van der Waals surface area contributed by atoms with Crippen LogP contribution in [-0.4, -0.2) is 86.9 Å². The van der Waals surface area contributed by atoms with Crippen LogP contribution in [0.5, 0.6) is 6.01 Å². The van der Waals surface area contributed by atoms with Gasteiger partial charge in [-0.2, -0.15) is 15.2 Å². The first-order chi connectivity index (χ1) is 19.4. The Bertz CT molecular complexity index is 1430. The van der Waals surface area contributed by atoms with Crippen LogP contribution in [0.3, 0.4) is 0 Å². The van der Waals surface area contributed by atoms with Crippen LogP contribution in [0.2, 0.25) is 0 Å². The summed E-state index contributed by atoms with van der Waals surface area (Å²) in [6, 6.07) is 12.6. The van der Waals surface area contributed by atoms with Crippen molar-refractivity contribution in [2.75, 3.05) is 51.6 Å². The zero-order valence-electron chi connectivity index (χ0n) is 22.8. The molecule has 0 bridgehead atoms. The number of piperazine rings is 1. The predicted molar refractivity (Wildman–Crippen MR) is 150 cm³/mol. The van der Waals surface area contributed by atoms with E-state index >= 15 is 0 Å². The number of unbranched alkanes of at least 4 members (excludes halogenated alkanes) is 1. The number of anilines is 1. The third kappa shape index (κ3) is 6.14. The molecule has 40 heavy (non-hydrogen) atoms. The van der Waals surface area contributed by atoms with Gasteiger partial charge in [0.25, 0.3) is 11.8 Å². The van der Waals surface area contributed by atoms with Gasteiger partial charge in [0.1, 0.15) is 17.6 Å². The van der Waals surface area contributed by atoms with Crippen molar-refractivity contribution in [3.8, 4) is 12.1 Å². The number of nitriles is 1. The highest BCUT2D eigenvalue weighted by Crippen LogP contribution is 2.26. The second-order valence-electron chi connectivity index (χ2n) is 10.2. The maximum absolute atomic E-state index is 11.7. The number of rotatable bonds is 11. The maximum atomic E-state index is 11.7. The van der Waals surface area contributed by atoms with Gasteiger partial charge in [-0.05, 0) is 23.6 Å². The van der Waals surface area contributed by atoms with Crippen molar-refractivity contribution in [2.45, 2.75) is 32.9 Å². The Morgan fingerprint density at radius 2 is 1.60 bits per heavy atom. The SMILES string of the molecule is CCCCOc1nc(N)c2cc(C#N)n(Cc3ccc(CN4CCN(CCN5C(=O)C=CC5=O)CC4)cc3)c2n1. The Balaban J connectivity index is 1.17. The predicted octanol–water partition coefficient (Wildman–Crippen LogP) is 2.15. The van der Waals surface area contributed by atoms with E-state index in [2.05, 4.69) is 57.0 Å². The van der Waals surface area contributed by atoms with E-state index in [4.69, 9.17) is 10.5 Å². The number of imide groups is 1. The lowest BCUT2D eigenvalue weighted by atomic mass is 10.1. The quantitative estimate of drug-likeness (QED) is 0.286. The van der Waals surface area contributed by atoms with E-state index in [-0.39, 0.29) is 17.8 Å². The molecule has 5 rings (SSSR count). The average molecular weight is 543 g/mol. The van der Waals surface area contributed by atoms with E-state index in [0.29, 0.717) is 48.8 Å². The van der Waals surface area contributed by atoms with Crippen molar-refractivity contribution in [2.24, 2.45) is 0 Å². The van der Waals surface area contributed by atoms with Crippen LogP contribution in [-0.2, 0) is 22.7 Å². The Morgan fingerprint density at radius 1 is 0.950 bits per heavy atom. The summed E-state index contributed by atoms with van der Waals surface area (Å²) in [7, 11) is 0. The molecule has 0 unspecified atom stereocenters. The number of hydrogen-bond donors (Lipinski definition) is 1. The number of amides is 2. The van der Waals surface area contributed by atoms with Crippen LogP contribution in [0.15, 0.2) is 42.5 Å². The molecule has 0 spiro atoms. The van der Waals surface area contributed by atoms with Crippen LogP contribution in [0.25, 0.3) is 11.0 Å². The number of nitrogens with two attached hydrogens (primary N) is 1. The Kier molecular flexibility index (Phi) is 8.38. The molecule has 11 nitrogen and oxygen atoms in total. The highest BCUT2D eigenvalue weighted by Gasteiger charge is 2.25. The van der Waals surface area contributed by atoms with E-state index in [1.54, 1.807) is 6.07 Å². The summed E-state index contributed by atoms with van der Waals surface area (Å²) in [5, 5.41) is 10.4. The number of benzene rings is 1. The standard InChI is InChI=1S/C29H34N8O3/c1-2-3-16-40-29-32-27(31)24-17-23(18-30)37(28(24)33-29)20-22-6-4-21(5-7-22)19-35-12-10-34(11-13-35)14-15-36-25(38)8-9-26(36)39/h4-9,17H,2-3,10-16,19-20H2,1H3,(H2,31,32,33). The molecule has 3 aromatic rings. The van der Waals surface area contributed by atoms with Crippen LogP contribution in [0.1, 0.15) is 36.6 Å². The molecule has 0 aliphatic carbocycles. The van der Waals surface area contributed by atoms with Gasteiger partial charge in [0, 0.05) is 58.0 Å². The fourth-order valence-corrected chi connectivity index (χ4v) is 5.01. The lowest BCUT2D eigenvalue weighted by Crippen LogP contribution is -2.48. The normalized spacial score (nSPS) is 16.2. The smallest absolute Gasteiger partial charge is 0.320 e. The molecule has 2 aliphatic rings. The van der Waals surface area contributed by atoms with Gasteiger partial charge in [-0.25, -0.2) is 0 Å². The van der Waals surface area contributed by atoms with Crippen molar-refractivity contribution in [1.82, 2.24) is 29.2 Å². The zero-order chi connectivity index (χ0) is 28.1. The molecule has 0 saturated carbocycles.